The van der Waals surface area contributed by atoms with Crippen molar-refractivity contribution in [2.45, 2.75) is 31.1 Å². The van der Waals surface area contributed by atoms with E-state index in [4.69, 9.17) is 0 Å². The number of benzene rings is 2. The SMILES string of the molecule is Cc1ccc(S(=O)(=O)Nc2cc(C(F)(F)F)cc(C(F)(F)F)c2)cc1C. The quantitative estimate of drug-likeness (QED) is 0.729. The molecule has 2 aromatic carbocycles. The molecule has 0 saturated carbocycles. The first kappa shape index (κ1) is 20.1. The number of nitrogens with one attached hydrogen (secondary N) is 1. The number of anilines is 1. The summed E-state index contributed by atoms with van der Waals surface area (Å²) in [6.07, 6.45) is -10.1. The summed E-state index contributed by atoms with van der Waals surface area (Å²) < 4.78 is 103. The minimum absolute atomic E-state index is 0.0756. The van der Waals surface area contributed by atoms with Crippen LogP contribution in [0.15, 0.2) is 41.3 Å². The fourth-order valence-electron chi connectivity index (χ4n) is 2.11. The molecule has 0 radical (unpaired) electrons. The summed E-state index contributed by atoms with van der Waals surface area (Å²) in [6.45, 7) is 3.35. The fraction of sp³-hybridized carbons (Fsp3) is 0.250. The van der Waals surface area contributed by atoms with Crippen LogP contribution >= 0.6 is 0 Å². The second-order valence-electron chi connectivity index (χ2n) is 5.65. The predicted octanol–water partition coefficient (Wildman–Crippen LogP) is 5.14. The zero-order valence-corrected chi connectivity index (χ0v) is 14.3. The van der Waals surface area contributed by atoms with Crippen molar-refractivity contribution in [3.8, 4) is 0 Å². The number of hydrogen-bond donors (Lipinski definition) is 1. The highest BCUT2D eigenvalue weighted by Gasteiger charge is 2.37. The molecule has 26 heavy (non-hydrogen) atoms. The number of rotatable bonds is 3. The van der Waals surface area contributed by atoms with Gasteiger partial charge >= 0.3 is 12.4 Å². The molecule has 0 aliphatic rings. The molecule has 3 nitrogen and oxygen atoms in total. The molecule has 0 unspecified atom stereocenters. The molecule has 2 aromatic rings. The van der Waals surface area contributed by atoms with Crippen molar-refractivity contribution in [1.82, 2.24) is 0 Å². The average molecular weight is 397 g/mol. The van der Waals surface area contributed by atoms with E-state index in [1.54, 1.807) is 18.6 Å². The molecule has 10 heteroatoms. The summed E-state index contributed by atoms with van der Waals surface area (Å²) in [4.78, 5) is -0.272. The maximum absolute atomic E-state index is 12.8. The molecule has 0 aromatic heterocycles. The number of aryl methyl sites for hydroxylation is 2. The van der Waals surface area contributed by atoms with Crippen LogP contribution < -0.4 is 4.72 Å². The van der Waals surface area contributed by atoms with Gasteiger partial charge < -0.3 is 0 Å². The van der Waals surface area contributed by atoms with Gasteiger partial charge in [-0.05, 0) is 55.3 Å². The lowest BCUT2D eigenvalue weighted by Gasteiger charge is -2.15. The lowest BCUT2D eigenvalue weighted by molar-refractivity contribution is -0.143. The van der Waals surface area contributed by atoms with Crippen molar-refractivity contribution in [3.63, 3.8) is 0 Å². The normalized spacial score (nSPS) is 12.9. The van der Waals surface area contributed by atoms with Crippen LogP contribution in [0.25, 0.3) is 0 Å². The van der Waals surface area contributed by atoms with E-state index in [0.717, 1.165) is 5.56 Å². The first-order valence-electron chi connectivity index (χ1n) is 7.10. The van der Waals surface area contributed by atoms with Crippen LogP contribution in [-0.4, -0.2) is 8.42 Å². The van der Waals surface area contributed by atoms with E-state index < -0.39 is 39.2 Å². The van der Waals surface area contributed by atoms with Gasteiger partial charge in [-0.15, -0.1) is 0 Å². The second kappa shape index (κ2) is 6.49. The van der Waals surface area contributed by atoms with Crippen LogP contribution in [0.3, 0.4) is 0 Å². The third-order valence-electron chi connectivity index (χ3n) is 3.63. The Labute approximate surface area is 145 Å². The van der Waals surface area contributed by atoms with Crippen LogP contribution in [0.4, 0.5) is 32.0 Å². The van der Waals surface area contributed by atoms with Crippen molar-refractivity contribution < 1.29 is 34.8 Å². The van der Waals surface area contributed by atoms with Gasteiger partial charge in [0.2, 0.25) is 0 Å². The van der Waals surface area contributed by atoms with E-state index in [1.165, 1.54) is 18.2 Å². The maximum Gasteiger partial charge on any atom is 0.416 e. The number of sulfonamides is 1. The molecular weight excluding hydrogens is 384 g/mol. The van der Waals surface area contributed by atoms with E-state index in [0.29, 0.717) is 17.7 Å². The Balaban J connectivity index is 2.52. The monoisotopic (exact) mass is 397 g/mol. The molecule has 0 spiro atoms. The highest BCUT2D eigenvalue weighted by Crippen LogP contribution is 2.38. The molecule has 0 amide bonds. The Morgan fingerprint density at radius 1 is 0.769 bits per heavy atom. The summed E-state index contributed by atoms with van der Waals surface area (Å²) >= 11 is 0. The van der Waals surface area contributed by atoms with Crippen LogP contribution in [0.5, 0.6) is 0 Å². The molecule has 0 bridgehead atoms. The van der Waals surface area contributed by atoms with Gasteiger partial charge in [-0.3, -0.25) is 4.72 Å². The van der Waals surface area contributed by atoms with Gasteiger partial charge in [0.05, 0.1) is 21.7 Å². The van der Waals surface area contributed by atoms with E-state index >= 15 is 0 Å². The molecule has 0 fully saturated rings. The van der Waals surface area contributed by atoms with Crippen LogP contribution in [-0.2, 0) is 22.4 Å². The lowest BCUT2D eigenvalue weighted by Crippen LogP contribution is -2.16. The molecule has 0 saturated heterocycles. The Kier molecular flexibility index (Phi) is 5.02. The van der Waals surface area contributed by atoms with Gasteiger partial charge in [-0.25, -0.2) is 8.42 Å². The molecule has 2 rings (SSSR count). The van der Waals surface area contributed by atoms with Gasteiger partial charge in [0.15, 0.2) is 0 Å². The van der Waals surface area contributed by atoms with E-state index in [1.807, 2.05) is 0 Å². The topological polar surface area (TPSA) is 46.2 Å². The van der Waals surface area contributed by atoms with Crippen LogP contribution in [0.2, 0.25) is 0 Å². The largest absolute Gasteiger partial charge is 0.416 e. The zero-order valence-electron chi connectivity index (χ0n) is 13.5. The van der Waals surface area contributed by atoms with E-state index in [9.17, 15) is 34.8 Å². The molecule has 0 aliphatic heterocycles. The van der Waals surface area contributed by atoms with E-state index in [-0.39, 0.29) is 11.0 Å². The second-order valence-corrected chi connectivity index (χ2v) is 7.33. The van der Waals surface area contributed by atoms with Crippen molar-refractivity contribution in [3.05, 3.63) is 58.7 Å². The fourth-order valence-corrected chi connectivity index (χ4v) is 3.23. The molecule has 142 valence electrons. The first-order chi connectivity index (χ1) is 11.7. The Morgan fingerprint density at radius 2 is 1.27 bits per heavy atom. The standard InChI is InChI=1S/C16H13F6NO2S/c1-9-3-4-14(5-10(9)2)26(24,25)23-13-7-11(15(17,18)19)6-12(8-13)16(20,21)22/h3-8,23H,1-2H3. The Bertz CT molecular complexity index is 900. The lowest BCUT2D eigenvalue weighted by atomic mass is 10.1. The molecular formula is C16H13F6NO2S. The summed E-state index contributed by atoms with van der Waals surface area (Å²) in [7, 11) is -4.36. The minimum Gasteiger partial charge on any atom is -0.280 e. The van der Waals surface area contributed by atoms with Gasteiger partial charge in [-0.1, -0.05) is 6.07 Å². The third kappa shape index (κ3) is 4.48. The first-order valence-corrected chi connectivity index (χ1v) is 8.58. The Morgan fingerprint density at radius 3 is 1.69 bits per heavy atom. The van der Waals surface area contributed by atoms with Crippen LogP contribution in [0, 0.1) is 13.8 Å². The number of hydrogen-bond acceptors (Lipinski definition) is 2. The van der Waals surface area contributed by atoms with Crippen molar-refractivity contribution in [2.24, 2.45) is 0 Å². The number of alkyl halides is 6. The van der Waals surface area contributed by atoms with Crippen molar-refractivity contribution >= 4 is 15.7 Å². The average Bonchev–Trinajstić information content (AvgIpc) is 2.47. The Hall–Kier alpha value is -2.23. The van der Waals surface area contributed by atoms with Gasteiger partial charge in [0.1, 0.15) is 0 Å². The third-order valence-corrected chi connectivity index (χ3v) is 5.01. The molecule has 0 atom stereocenters. The van der Waals surface area contributed by atoms with Gasteiger partial charge in [0, 0.05) is 0 Å². The molecule has 0 heterocycles. The van der Waals surface area contributed by atoms with E-state index in [2.05, 4.69) is 0 Å². The van der Waals surface area contributed by atoms with Crippen LogP contribution in [0.1, 0.15) is 22.3 Å². The highest BCUT2D eigenvalue weighted by molar-refractivity contribution is 7.92. The highest BCUT2D eigenvalue weighted by atomic mass is 32.2. The van der Waals surface area contributed by atoms with Crippen molar-refractivity contribution in [1.29, 1.82) is 0 Å². The minimum atomic E-state index is -5.07. The predicted molar refractivity (Wildman–Crippen MR) is 83.2 cm³/mol. The van der Waals surface area contributed by atoms with Crippen molar-refractivity contribution in [2.75, 3.05) is 4.72 Å². The number of halogens is 6. The summed E-state index contributed by atoms with van der Waals surface area (Å²) in [5, 5.41) is 0. The summed E-state index contributed by atoms with van der Waals surface area (Å²) in [6, 6.07) is 4.52. The molecule has 1 N–H and O–H groups in total. The van der Waals surface area contributed by atoms with Gasteiger partial charge in [-0.2, -0.15) is 26.3 Å². The van der Waals surface area contributed by atoms with Gasteiger partial charge in [0.25, 0.3) is 10.0 Å². The summed E-state index contributed by atoms with van der Waals surface area (Å²) in [5.74, 6) is 0. The maximum atomic E-state index is 12.8. The summed E-state index contributed by atoms with van der Waals surface area (Å²) in [5.41, 5.74) is -2.66. The smallest absolute Gasteiger partial charge is 0.280 e. The molecule has 0 aliphatic carbocycles. The zero-order chi connectivity index (χ0) is 19.9.